The summed E-state index contributed by atoms with van der Waals surface area (Å²) >= 11 is 0. The zero-order chi connectivity index (χ0) is 37.5. The van der Waals surface area contributed by atoms with Gasteiger partial charge < -0.3 is 15.2 Å². The highest BCUT2D eigenvalue weighted by molar-refractivity contribution is 6.02. The lowest BCUT2D eigenvalue weighted by atomic mass is 9.33. The van der Waals surface area contributed by atoms with Crippen LogP contribution >= 0.6 is 0 Å². The van der Waals surface area contributed by atoms with Crippen LogP contribution in [0, 0.1) is 56.6 Å². The molecule has 0 aliphatic heterocycles. The molecule has 4 fully saturated rings. The maximum absolute atomic E-state index is 13.9. The van der Waals surface area contributed by atoms with Gasteiger partial charge in [-0.05, 0) is 134 Å². The van der Waals surface area contributed by atoms with Gasteiger partial charge in [-0.25, -0.2) is 4.39 Å². The molecule has 0 aromatic heterocycles. The molecule has 7 nitrogen and oxygen atoms in total. The molecule has 0 bridgehead atoms. The van der Waals surface area contributed by atoms with Gasteiger partial charge >= 0.3 is 11.9 Å². The number of carboxylic acids is 1. The third kappa shape index (κ3) is 5.89. The summed E-state index contributed by atoms with van der Waals surface area (Å²) in [5.41, 5.74) is 0.718. The number of ether oxygens (including phenoxy) is 1. The summed E-state index contributed by atoms with van der Waals surface area (Å²) < 4.78 is 19.7. The number of allylic oxidation sites excluding steroid dienone is 1. The predicted molar refractivity (Wildman–Crippen MR) is 194 cm³/mol. The van der Waals surface area contributed by atoms with Crippen LogP contribution in [0.15, 0.2) is 35.4 Å². The molecule has 0 radical (unpaired) electrons. The Morgan fingerprint density at radius 2 is 1.59 bits per heavy atom. The molecule has 51 heavy (non-hydrogen) atoms. The first-order chi connectivity index (χ1) is 23.6. The number of hydrogen-bond acceptors (Lipinski definition) is 5. The van der Waals surface area contributed by atoms with E-state index < -0.39 is 22.9 Å². The van der Waals surface area contributed by atoms with Gasteiger partial charge in [-0.3, -0.25) is 19.2 Å². The van der Waals surface area contributed by atoms with E-state index in [4.69, 9.17) is 4.74 Å². The van der Waals surface area contributed by atoms with E-state index in [-0.39, 0.29) is 69.9 Å². The summed E-state index contributed by atoms with van der Waals surface area (Å²) in [5.74, 6) is -0.696. The third-order valence-electron chi connectivity index (χ3n) is 15.5. The van der Waals surface area contributed by atoms with Crippen LogP contribution in [0.1, 0.15) is 132 Å². The maximum Gasteiger partial charge on any atom is 0.309 e. The molecule has 5 aliphatic carbocycles. The quantitative estimate of drug-likeness (QED) is 0.262. The summed E-state index contributed by atoms with van der Waals surface area (Å²) in [5, 5.41) is 13.0. The molecular weight excluding hydrogens is 645 g/mol. The lowest BCUT2D eigenvalue weighted by Gasteiger charge is -2.72. The molecule has 1 aromatic rings. The van der Waals surface area contributed by atoms with Crippen molar-refractivity contribution in [2.45, 2.75) is 145 Å². The monoisotopic (exact) mass is 705 g/mol. The summed E-state index contributed by atoms with van der Waals surface area (Å²) in [4.78, 5) is 52.4. The fourth-order valence-electron chi connectivity index (χ4n) is 12.7. The Morgan fingerprint density at radius 1 is 0.922 bits per heavy atom. The van der Waals surface area contributed by atoms with E-state index in [1.165, 1.54) is 17.7 Å². The van der Waals surface area contributed by atoms with E-state index in [0.717, 1.165) is 62.5 Å². The second kappa shape index (κ2) is 12.5. The highest BCUT2D eigenvalue weighted by Gasteiger charge is 2.70. The minimum Gasteiger partial charge on any atom is -0.481 e. The first-order valence-electron chi connectivity index (χ1n) is 19.4. The number of fused-ring (bicyclic) bond motifs is 7. The Hall–Kier alpha value is -3.03. The lowest BCUT2D eigenvalue weighted by Crippen LogP contribution is -2.67. The number of esters is 1. The molecule has 1 aromatic carbocycles. The number of amides is 1. The van der Waals surface area contributed by atoms with Gasteiger partial charge in [0.05, 0.1) is 23.8 Å². The summed E-state index contributed by atoms with van der Waals surface area (Å²) in [6.07, 6.45) is 7.47. The van der Waals surface area contributed by atoms with Gasteiger partial charge in [0.2, 0.25) is 5.91 Å². The number of hydrogen-bond donors (Lipinski definition) is 2. The second-order valence-electron chi connectivity index (χ2n) is 19.3. The molecule has 0 spiro atoms. The standard InChI is InChI=1S/C43H60FNO6/c1-25(2)35-29(46)23-43(45-33(47)22-26-10-12-27(44)13-11-26)21-20-41(8)28(36(35)43)14-15-31-40(7)18-17-32(51-34(48)24-38(3,4)37(49)50)39(5,6)30(40)16-19-42(31,41)9/h10-13,25,28,30-32H,14-24H2,1-9H3,(H,45,47)(H,49,50)/t28?,30-,31+,32-,40-,41+,42+,43+/m0/s1. The number of benzene rings is 1. The topological polar surface area (TPSA) is 110 Å². The molecule has 0 heterocycles. The molecule has 5 aliphatic rings. The smallest absolute Gasteiger partial charge is 0.309 e. The van der Waals surface area contributed by atoms with Gasteiger partial charge in [-0.1, -0.05) is 60.6 Å². The number of aliphatic carboxylic acids is 1. The Kier molecular flexibility index (Phi) is 9.27. The average molecular weight is 706 g/mol. The molecular formula is C43H60FNO6. The zero-order valence-corrected chi connectivity index (χ0v) is 32.3. The number of Topliss-reactive ketones (excluding diaryl/α,β-unsaturated/α-hetero) is 1. The van der Waals surface area contributed by atoms with Crippen LogP contribution in [0.5, 0.6) is 0 Å². The van der Waals surface area contributed by atoms with Gasteiger partial charge in [0.1, 0.15) is 11.9 Å². The molecule has 280 valence electrons. The van der Waals surface area contributed by atoms with E-state index in [9.17, 15) is 28.7 Å². The van der Waals surface area contributed by atoms with Crippen LogP contribution in [0.25, 0.3) is 0 Å². The normalized spacial score (nSPS) is 37.2. The van der Waals surface area contributed by atoms with Crippen molar-refractivity contribution < 1.29 is 33.4 Å². The Balaban J connectivity index is 1.28. The Labute approximate surface area is 303 Å². The van der Waals surface area contributed by atoms with Crippen molar-refractivity contribution in [3.63, 3.8) is 0 Å². The first kappa shape index (κ1) is 37.7. The van der Waals surface area contributed by atoms with E-state index >= 15 is 0 Å². The van der Waals surface area contributed by atoms with Crippen LogP contribution in [0.2, 0.25) is 0 Å². The van der Waals surface area contributed by atoms with Crippen molar-refractivity contribution in [3.8, 4) is 0 Å². The molecule has 1 unspecified atom stereocenters. The molecule has 4 saturated carbocycles. The Bertz CT molecular complexity index is 1640. The van der Waals surface area contributed by atoms with Crippen LogP contribution in [-0.4, -0.2) is 40.4 Å². The first-order valence-corrected chi connectivity index (χ1v) is 19.4. The van der Waals surface area contributed by atoms with Crippen molar-refractivity contribution in [2.24, 2.45) is 50.7 Å². The number of carbonyl (C=O) groups excluding carboxylic acids is 3. The SMILES string of the molecule is CC(C)C1=C2C3CC[C@@H]4[C@@]5(C)CC[C@H](OC(=O)CC(C)(C)C(=O)O)C(C)(C)[C@@H]5CC[C@@]4(C)[C@]3(C)CC[C@@]2(NC(=O)Cc2ccc(F)cc2)CC1=O. The van der Waals surface area contributed by atoms with Gasteiger partial charge in [-0.15, -0.1) is 0 Å². The fourth-order valence-corrected chi connectivity index (χ4v) is 12.7. The third-order valence-corrected chi connectivity index (χ3v) is 15.5. The largest absolute Gasteiger partial charge is 0.481 e. The van der Waals surface area contributed by atoms with Gasteiger partial charge in [0, 0.05) is 11.8 Å². The number of carboxylic acid groups (broad SMARTS) is 1. The molecule has 8 heteroatoms. The fraction of sp³-hybridized carbons (Fsp3) is 0.721. The minimum atomic E-state index is -1.18. The van der Waals surface area contributed by atoms with Gasteiger partial charge in [0.15, 0.2) is 5.78 Å². The maximum atomic E-state index is 13.9. The summed E-state index contributed by atoms with van der Waals surface area (Å²) in [6, 6.07) is 6.06. The lowest BCUT2D eigenvalue weighted by molar-refractivity contribution is -0.232. The molecule has 1 amide bonds. The summed E-state index contributed by atoms with van der Waals surface area (Å²) in [6.45, 7) is 19.3. The average Bonchev–Trinajstić information content (AvgIpc) is 3.31. The molecule has 0 saturated heterocycles. The Morgan fingerprint density at radius 3 is 2.22 bits per heavy atom. The van der Waals surface area contributed by atoms with Crippen molar-refractivity contribution in [2.75, 3.05) is 0 Å². The number of carbonyl (C=O) groups is 4. The summed E-state index contributed by atoms with van der Waals surface area (Å²) in [7, 11) is 0. The van der Waals surface area contributed by atoms with Crippen molar-refractivity contribution in [1.29, 1.82) is 0 Å². The zero-order valence-electron chi connectivity index (χ0n) is 32.3. The molecule has 2 N–H and O–H groups in total. The molecule has 6 rings (SSSR count). The predicted octanol–water partition coefficient (Wildman–Crippen LogP) is 8.63. The number of ketones is 1. The van der Waals surface area contributed by atoms with Crippen molar-refractivity contribution in [3.05, 3.63) is 46.8 Å². The number of halogens is 1. The number of rotatable bonds is 8. The van der Waals surface area contributed by atoms with E-state index in [0.29, 0.717) is 18.3 Å². The minimum absolute atomic E-state index is 0.0112. The van der Waals surface area contributed by atoms with Crippen LogP contribution < -0.4 is 5.32 Å². The van der Waals surface area contributed by atoms with E-state index in [2.05, 4.69) is 53.8 Å². The van der Waals surface area contributed by atoms with Crippen molar-refractivity contribution in [1.82, 2.24) is 5.32 Å². The van der Waals surface area contributed by atoms with Crippen LogP contribution in [0.4, 0.5) is 4.39 Å². The molecule has 8 atom stereocenters. The van der Waals surface area contributed by atoms with Crippen molar-refractivity contribution >= 4 is 23.6 Å². The van der Waals surface area contributed by atoms with Gasteiger partial charge in [-0.2, -0.15) is 0 Å². The highest BCUT2D eigenvalue weighted by atomic mass is 19.1. The van der Waals surface area contributed by atoms with Crippen LogP contribution in [-0.2, 0) is 30.3 Å². The highest BCUT2D eigenvalue weighted by Crippen LogP contribution is 2.76. The second-order valence-corrected chi connectivity index (χ2v) is 19.3. The van der Waals surface area contributed by atoms with E-state index in [1.54, 1.807) is 26.0 Å². The van der Waals surface area contributed by atoms with E-state index in [1.807, 2.05) is 0 Å². The number of nitrogens with one attached hydrogen (secondary N) is 1. The van der Waals surface area contributed by atoms with Crippen LogP contribution in [0.3, 0.4) is 0 Å². The van der Waals surface area contributed by atoms with Gasteiger partial charge in [0.25, 0.3) is 0 Å².